The third kappa shape index (κ3) is 3.30. The van der Waals surface area contributed by atoms with E-state index in [2.05, 4.69) is 11.4 Å². The smallest absolute Gasteiger partial charge is 0.0992 e. The summed E-state index contributed by atoms with van der Waals surface area (Å²) >= 11 is 0. The molecule has 3 nitrogen and oxygen atoms in total. The van der Waals surface area contributed by atoms with E-state index in [0.717, 1.165) is 12.2 Å². The van der Waals surface area contributed by atoms with Crippen molar-refractivity contribution in [1.29, 1.82) is 5.26 Å². The summed E-state index contributed by atoms with van der Waals surface area (Å²) in [6.07, 6.45) is 3.85. The average molecular weight is 187 g/mol. The highest BCUT2D eigenvalue weighted by Gasteiger charge is 1.91. The lowest BCUT2D eigenvalue weighted by molar-refractivity contribution is 1.22. The molecule has 0 heterocycles. The van der Waals surface area contributed by atoms with Gasteiger partial charge in [-0.25, -0.2) is 0 Å². The zero-order valence-corrected chi connectivity index (χ0v) is 7.90. The van der Waals surface area contributed by atoms with Crippen molar-refractivity contribution in [3.8, 4) is 6.07 Å². The van der Waals surface area contributed by atoms with Crippen LogP contribution in [-0.4, -0.2) is 13.1 Å². The van der Waals surface area contributed by atoms with Crippen molar-refractivity contribution < 1.29 is 0 Å². The van der Waals surface area contributed by atoms with Gasteiger partial charge in [-0.3, -0.25) is 0 Å². The first kappa shape index (κ1) is 10.3. The molecule has 1 aromatic carbocycles. The number of nitrogens with one attached hydrogen (secondary N) is 1. The molecule has 0 radical (unpaired) electrons. The fraction of sp³-hybridized carbons (Fsp3) is 0.182. The minimum absolute atomic E-state index is 0.555. The van der Waals surface area contributed by atoms with Crippen LogP contribution in [0.2, 0.25) is 0 Å². The fourth-order valence-electron chi connectivity index (χ4n) is 1.06. The van der Waals surface area contributed by atoms with Crippen LogP contribution >= 0.6 is 0 Å². The van der Waals surface area contributed by atoms with Gasteiger partial charge in [0.05, 0.1) is 11.6 Å². The molecule has 0 aliphatic rings. The highest BCUT2D eigenvalue weighted by molar-refractivity contribution is 5.49. The maximum Gasteiger partial charge on any atom is 0.0992 e. The number of nitriles is 1. The van der Waals surface area contributed by atoms with Gasteiger partial charge in [0.1, 0.15) is 0 Å². The number of anilines is 1. The van der Waals surface area contributed by atoms with Crippen LogP contribution in [0.4, 0.5) is 5.69 Å². The molecule has 3 N–H and O–H groups in total. The van der Waals surface area contributed by atoms with E-state index in [4.69, 9.17) is 11.0 Å². The van der Waals surface area contributed by atoms with Gasteiger partial charge in [0.15, 0.2) is 0 Å². The van der Waals surface area contributed by atoms with Crippen LogP contribution in [0.5, 0.6) is 0 Å². The second kappa shape index (κ2) is 5.79. The van der Waals surface area contributed by atoms with Gasteiger partial charge in [0, 0.05) is 18.8 Å². The second-order valence-electron chi connectivity index (χ2n) is 2.78. The summed E-state index contributed by atoms with van der Waals surface area (Å²) in [5.74, 6) is 0. The summed E-state index contributed by atoms with van der Waals surface area (Å²) in [6.45, 7) is 1.28. The molecular formula is C11H13N3. The molecule has 0 saturated carbocycles. The number of hydrogen-bond donors (Lipinski definition) is 2. The summed E-state index contributed by atoms with van der Waals surface area (Å²) in [4.78, 5) is 0. The highest BCUT2D eigenvalue weighted by Crippen LogP contribution is 2.08. The topological polar surface area (TPSA) is 61.8 Å². The van der Waals surface area contributed by atoms with Gasteiger partial charge in [-0.15, -0.1) is 0 Å². The van der Waals surface area contributed by atoms with E-state index in [9.17, 15) is 0 Å². The van der Waals surface area contributed by atoms with Crippen LogP contribution in [0.25, 0.3) is 0 Å². The van der Waals surface area contributed by atoms with E-state index in [1.807, 2.05) is 30.4 Å². The van der Waals surface area contributed by atoms with E-state index >= 15 is 0 Å². The van der Waals surface area contributed by atoms with Gasteiger partial charge in [-0.2, -0.15) is 5.26 Å². The van der Waals surface area contributed by atoms with Crippen molar-refractivity contribution in [2.45, 2.75) is 0 Å². The zero-order chi connectivity index (χ0) is 10.2. The Morgan fingerprint density at radius 1 is 1.43 bits per heavy atom. The van der Waals surface area contributed by atoms with Crippen molar-refractivity contribution in [1.82, 2.24) is 0 Å². The molecule has 0 fully saturated rings. The predicted molar refractivity (Wildman–Crippen MR) is 57.8 cm³/mol. The van der Waals surface area contributed by atoms with Crippen LogP contribution in [0.15, 0.2) is 36.4 Å². The lowest BCUT2D eigenvalue weighted by atomic mass is 10.2. The summed E-state index contributed by atoms with van der Waals surface area (Å²) in [6, 6.07) is 9.47. The normalized spacial score (nSPS) is 10.0. The zero-order valence-electron chi connectivity index (χ0n) is 7.90. The number of benzene rings is 1. The van der Waals surface area contributed by atoms with E-state index in [-0.39, 0.29) is 0 Å². The Bertz CT molecular complexity index is 350. The van der Waals surface area contributed by atoms with E-state index < -0.39 is 0 Å². The molecule has 1 rings (SSSR count). The number of nitrogens with zero attached hydrogens (tertiary/aromatic N) is 1. The summed E-state index contributed by atoms with van der Waals surface area (Å²) in [7, 11) is 0. The van der Waals surface area contributed by atoms with Crippen molar-refractivity contribution >= 4 is 5.69 Å². The van der Waals surface area contributed by atoms with Crippen molar-refractivity contribution in [2.75, 3.05) is 18.4 Å². The molecule has 14 heavy (non-hydrogen) atoms. The van der Waals surface area contributed by atoms with Gasteiger partial charge < -0.3 is 11.1 Å². The minimum Gasteiger partial charge on any atom is -0.382 e. The molecule has 0 atom stereocenters. The van der Waals surface area contributed by atoms with Gasteiger partial charge in [-0.1, -0.05) is 18.2 Å². The SMILES string of the molecule is N#Cc1cccc(NC/C=C/CN)c1. The highest BCUT2D eigenvalue weighted by atomic mass is 14.8. The first-order valence-corrected chi connectivity index (χ1v) is 4.46. The standard InChI is InChI=1S/C11H13N3/c12-6-1-2-7-14-11-5-3-4-10(8-11)9-13/h1-5,8,14H,6-7,12H2/b2-1+. The third-order valence-electron chi connectivity index (χ3n) is 1.72. The largest absolute Gasteiger partial charge is 0.382 e. The van der Waals surface area contributed by atoms with Crippen molar-refractivity contribution in [3.05, 3.63) is 42.0 Å². The molecule has 0 spiro atoms. The van der Waals surface area contributed by atoms with Crippen LogP contribution in [0, 0.1) is 11.3 Å². The van der Waals surface area contributed by atoms with Gasteiger partial charge in [-0.05, 0) is 18.2 Å². The third-order valence-corrected chi connectivity index (χ3v) is 1.72. The monoisotopic (exact) mass is 187 g/mol. The van der Waals surface area contributed by atoms with Crippen LogP contribution in [0.1, 0.15) is 5.56 Å². The lowest BCUT2D eigenvalue weighted by Crippen LogP contribution is -2.00. The number of rotatable bonds is 4. The second-order valence-corrected chi connectivity index (χ2v) is 2.78. The number of nitrogens with two attached hydrogens (primary N) is 1. The van der Waals surface area contributed by atoms with Gasteiger partial charge >= 0.3 is 0 Å². The average Bonchev–Trinajstić information content (AvgIpc) is 2.25. The first-order valence-electron chi connectivity index (χ1n) is 4.46. The van der Waals surface area contributed by atoms with E-state index in [1.54, 1.807) is 6.07 Å². The molecule has 0 amide bonds. The Morgan fingerprint density at radius 2 is 2.29 bits per heavy atom. The van der Waals surface area contributed by atoms with E-state index in [1.165, 1.54) is 0 Å². The molecule has 72 valence electrons. The molecule has 3 heteroatoms. The molecule has 0 aromatic heterocycles. The Hall–Kier alpha value is -1.79. The minimum atomic E-state index is 0.555. The van der Waals surface area contributed by atoms with Gasteiger partial charge in [0.2, 0.25) is 0 Å². The number of hydrogen-bond acceptors (Lipinski definition) is 3. The van der Waals surface area contributed by atoms with Crippen molar-refractivity contribution in [2.24, 2.45) is 5.73 Å². The van der Waals surface area contributed by atoms with Crippen molar-refractivity contribution in [3.63, 3.8) is 0 Å². The molecule has 0 aliphatic carbocycles. The Morgan fingerprint density at radius 3 is 3.00 bits per heavy atom. The molecule has 0 bridgehead atoms. The maximum absolute atomic E-state index is 8.66. The summed E-state index contributed by atoms with van der Waals surface area (Å²) in [5.41, 5.74) is 6.91. The van der Waals surface area contributed by atoms with Gasteiger partial charge in [0.25, 0.3) is 0 Å². The van der Waals surface area contributed by atoms with Crippen LogP contribution < -0.4 is 11.1 Å². The molecule has 1 aromatic rings. The molecular weight excluding hydrogens is 174 g/mol. The predicted octanol–water partition coefficient (Wildman–Crippen LogP) is 1.49. The van der Waals surface area contributed by atoms with Crippen LogP contribution in [-0.2, 0) is 0 Å². The summed E-state index contributed by atoms with van der Waals surface area (Å²) in [5, 5.41) is 11.8. The fourth-order valence-corrected chi connectivity index (χ4v) is 1.06. The molecule has 0 saturated heterocycles. The maximum atomic E-state index is 8.66. The van der Waals surface area contributed by atoms with Crippen LogP contribution in [0.3, 0.4) is 0 Å². The first-order chi connectivity index (χ1) is 6.86. The summed E-state index contributed by atoms with van der Waals surface area (Å²) < 4.78 is 0. The molecule has 0 unspecified atom stereocenters. The molecule has 0 aliphatic heterocycles. The van der Waals surface area contributed by atoms with E-state index in [0.29, 0.717) is 12.1 Å². The Kier molecular flexibility index (Phi) is 4.25. The Labute approximate surface area is 83.8 Å². The Balaban J connectivity index is 2.51. The lowest BCUT2D eigenvalue weighted by Gasteiger charge is -2.02. The quantitative estimate of drug-likeness (QED) is 0.702.